The van der Waals surface area contributed by atoms with Crippen LogP contribution in [0.5, 0.6) is 0 Å². The minimum atomic E-state index is -0.653. The van der Waals surface area contributed by atoms with Gasteiger partial charge in [0.05, 0.1) is 11.4 Å². The van der Waals surface area contributed by atoms with E-state index in [9.17, 15) is 14.4 Å². The fourth-order valence-electron chi connectivity index (χ4n) is 1.72. The van der Waals surface area contributed by atoms with Crippen molar-refractivity contribution in [2.75, 3.05) is 11.1 Å². The number of aryl methyl sites for hydroxylation is 1. The van der Waals surface area contributed by atoms with Crippen LogP contribution in [-0.2, 0) is 11.3 Å². The highest BCUT2D eigenvalue weighted by molar-refractivity contribution is 6.31. The van der Waals surface area contributed by atoms with Crippen molar-refractivity contribution in [3.63, 3.8) is 0 Å². The Hall–Kier alpha value is -2.54. The summed E-state index contributed by atoms with van der Waals surface area (Å²) in [5.41, 5.74) is 5.65. The van der Waals surface area contributed by atoms with E-state index in [1.165, 1.54) is 12.3 Å². The van der Waals surface area contributed by atoms with Crippen molar-refractivity contribution < 1.29 is 4.79 Å². The Morgan fingerprint density at radius 1 is 1.43 bits per heavy atom. The Morgan fingerprint density at radius 3 is 2.86 bits per heavy atom. The van der Waals surface area contributed by atoms with Gasteiger partial charge in [0, 0.05) is 16.8 Å². The zero-order chi connectivity index (χ0) is 15.6. The second kappa shape index (κ2) is 5.84. The van der Waals surface area contributed by atoms with Gasteiger partial charge in [0.1, 0.15) is 6.54 Å². The van der Waals surface area contributed by atoms with Gasteiger partial charge in [-0.15, -0.1) is 0 Å². The van der Waals surface area contributed by atoms with E-state index in [4.69, 9.17) is 17.3 Å². The van der Waals surface area contributed by atoms with Gasteiger partial charge >= 0.3 is 5.69 Å². The SMILES string of the molecule is Cc1cn(CC(=O)Nc2cc(Cl)ccc2N)c(=O)[nH]c1=O. The fourth-order valence-corrected chi connectivity index (χ4v) is 1.89. The first-order valence-electron chi connectivity index (χ1n) is 6.02. The van der Waals surface area contributed by atoms with Crippen molar-refractivity contribution in [2.24, 2.45) is 0 Å². The van der Waals surface area contributed by atoms with Crippen LogP contribution in [0.15, 0.2) is 34.0 Å². The molecule has 0 fully saturated rings. The van der Waals surface area contributed by atoms with Crippen LogP contribution in [0.3, 0.4) is 0 Å². The Labute approximate surface area is 124 Å². The molecule has 1 amide bonds. The minimum absolute atomic E-state index is 0.248. The number of aromatic amines is 1. The van der Waals surface area contributed by atoms with E-state index < -0.39 is 17.2 Å². The van der Waals surface area contributed by atoms with Crippen molar-refractivity contribution in [3.05, 3.63) is 55.8 Å². The van der Waals surface area contributed by atoms with Crippen molar-refractivity contribution >= 4 is 28.9 Å². The molecule has 1 aromatic carbocycles. The molecule has 8 heteroatoms. The largest absolute Gasteiger partial charge is 0.397 e. The first-order chi connectivity index (χ1) is 9.86. The molecule has 0 saturated heterocycles. The van der Waals surface area contributed by atoms with E-state index in [2.05, 4.69) is 10.3 Å². The number of carbonyl (C=O) groups excluding carboxylic acids is 1. The highest BCUT2D eigenvalue weighted by atomic mass is 35.5. The monoisotopic (exact) mass is 308 g/mol. The molecule has 4 N–H and O–H groups in total. The van der Waals surface area contributed by atoms with Crippen LogP contribution >= 0.6 is 11.6 Å². The predicted molar refractivity (Wildman–Crippen MR) is 80.6 cm³/mol. The number of carbonyl (C=O) groups is 1. The smallest absolute Gasteiger partial charge is 0.328 e. The number of nitrogen functional groups attached to an aromatic ring is 1. The summed E-state index contributed by atoms with van der Waals surface area (Å²) in [6, 6.07) is 4.67. The molecule has 0 saturated carbocycles. The number of nitrogens with zero attached hydrogens (tertiary/aromatic N) is 1. The van der Waals surface area contributed by atoms with E-state index >= 15 is 0 Å². The summed E-state index contributed by atoms with van der Waals surface area (Å²) in [6.07, 6.45) is 1.32. The normalized spacial score (nSPS) is 10.4. The van der Waals surface area contributed by atoms with Gasteiger partial charge in [-0.05, 0) is 25.1 Å². The van der Waals surface area contributed by atoms with E-state index in [1.54, 1.807) is 19.1 Å². The van der Waals surface area contributed by atoms with Gasteiger partial charge in [0.15, 0.2) is 0 Å². The lowest BCUT2D eigenvalue weighted by atomic mass is 10.2. The number of hydrogen-bond donors (Lipinski definition) is 3. The maximum Gasteiger partial charge on any atom is 0.328 e. The highest BCUT2D eigenvalue weighted by Gasteiger charge is 2.09. The molecule has 2 aromatic rings. The van der Waals surface area contributed by atoms with E-state index in [0.717, 1.165) is 4.57 Å². The lowest BCUT2D eigenvalue weighted by molar-refractivity contribution is -0.116. The summed E-state index contributed by atoms with van der Waals surface area (Å²) in [4.78, 5) is 36.9. The molecule has 1 aromatic heterocycles. The van der Waals surface area contributed by atoms with E-state index in [1.807, 2.05) is 0 Å². The standard InChI is InChI=1S/C13H13ClN4O3/c1-7-5-18(13(21)17-12(7)20)6-11(19)16-10-4-8(14)2-3-9(10)15/h2-5H,6,15H2,1H3,(H,16,19)(H,17,20,21). The van der Waals surface area contributed by atoms with Gasteiger partial charge in [-0.25, -0.2) is 4.79 Å². The molecular formula is C13H13ClN4O3. The third kappa shape index (κ3) is 3.51. The van der Waals surface area contributed by atoms with Gasteiger partial charge in [0.2, 0.25) is 5.91 Å². The van der Waals surface area contributed by atoms with Crippen molar-refractivity contribution in [3.8, 4) is 0 Å². The molecule has 0 aliphatic rings. The molecule has 0 bridgehead atoms. The molecule has 0 radical (unpaired) electrons. The Kier molecular flexibility index (Phi) is 4.13. The van der Waals surface area contributed by atoms with Crippen LogP contribution in [0, 0.1) is 6.92 Å². The molecular weight excluding hydrogens is 296 g/mol. The predicted octanol–water partition coefficient (Wildman–Crippen LogP) is 0.719. The van der Waals surface area contributed by atoms with Gasteiger partial charge in [-0.1, -0.05) is 11.6 Å². The molecule has 2 rings (SSSR count). The number of anilines is 2. The maximum atomic E-state index is 11.9. The van der Waals surface area contributed by atoms with Crippen molar-refractivity contribution in [2.45, 2.75) is 13.5 Å². The number of halogens is 1. The molecule has 1 heterocycles. The molecule has 21 heavy (non-hydrogen) atoms. The second-order valence-electron chi connectivity index (χ2n) is 4.48. The summed E-state index contributed by atoms with van der Waals surface area (Å²) >= 11 is 5.82. The fraction of sp³-hybridized carbons (Fsp3) is 0.154. The van der Waals surface area contributed by atoms with Gasteiger partial charge in [-0.2, -0.15) is 0 Å². The third-order valence-electron chi connectivity index (χ3n) is 2.79. The van der Waals surface area contributed by atoms with Gasteiger partial charge < -0.3 is 11.1 Å². The summed E-state index contributed by atoms with van der Waals surface area (Å²) < 4.78 is 1.10. The number of nitrogens with one attached hydrogen (secondary N) is 2. The van der Waals surface area contributed by atoms with E-state index in [-0.39, 0.29) is 6.54 Å². The van der Waals surface area contributed by atoms with Crippen LogP contribution in [0.4, 0.5) is 11.4 Å². The number of benzene rings is 1. The molecule has 110 valence electrons. The quantitative estimate of drug-likeness (QED) is 0.726. The molecule has 0 unspecified atom stereocenters. The zero-order valence-electron chi connectivity index (χ0n) is 11.1. The Balaban J connectivity index is 2.19. The average molecular weight is 309 g/mol. The third-order valence-corrected chi connectivity index (χ3v) is 3.03. The van der Waals surface area contributed by atoms with Crippen LogP contribution in [0.1, 0.15) is 5.56 Å². The number of aromatic nitrogens is 2. The molecule has 0 atom stereocenters. The molecule has 0 aliphatic carbocycles. The van der Waals surface area contributed by atoms with Crippen molar-refractivity contribution in [1.29, 1.82) is 0 Å². The first kappa shape index (κ1) is 14.9. The lowest BCUT2D eigenvalue weighted by Gasteiger charge is -2.10. The van der Waals surface area contributed by atoms with Crippen LogP contribution in [-0.4, -0.2) is 15.5 Å². The first-order valence-corrected chi connectivity index (χ1v) is 6.40. The summed E-state index contributed by atoms with van der Waals surface area (Å²) in [6.45, 7) is 1.30. The molecule has 0 aliphatic heterocycles. The molecule has 7 nitrogen and oxygen atoms in total. The number of H-pyrrole nitrogens is 1. The zero-order valence-corrected chi connectivity index (χ0v) is 11.9. The minimum Gasteiger partial charge on any atom is -0.397 e. The maximum absolute atomic E-state index is 11.9. The molecule has 0 spiro atoms. The number of hydrogen-bond acceptors (Lipinski definition) is 4. The topological polar surface area (TPSA) is 110 Å². The van der Waals surface area contributed by atoms with Gasteiger partial charge in [0.25, 0.3) is 5.56 Å². The number of rotatable bonds is 3. The van der Waals surface area contributed by atoms with Crippen molar-refractivity contribution in [1.82, 2.24) is 9.55 Å². The number of amides is 1. The summed E-state index contributed by atoms with van der Waals surface area (Å²) in [5, 5.41) is 2.99. The second-order valence-corrected chi connectivity index (χ2v) is 4.92. The Morgan fingerprint density at radius 2 is 2.14 bits per heavy atom. The average Bonchev–Trinajstić information content (AvgIpc) is 2.40. The van der Waals surface area contributed by atoms with Crippen LogP contribution < -0.4 is 22.3 Å². The van der Waals surface area contributed by atoms with Gasteiger partial charge in [-0.3, -0.25) is 19.1 Å². The van der Waals surface area contributed by atoms with E-state index in [0.29, 0.717) is 22.0 Å². The Bertz CT molecular complexity index is 810. The summed E-state index contributed by atoms with van der Waals surface area (Å²) in [7, 11) is 0. The number of nitrogens with two attached hydrogens (primary N) is 1. The van der Waals surface area contributed by atoms with Crippen LogP contribution in [0.25, 0.3) is 0 Å². The summed E-state index contributed by atoms with van der Waals surface area (Å²) in [5.74, 6) is -0.461. The van der Waals surface area contributed by atoms with Crippen LogP contribution in [0.2, 0.25) is 5.02 Å². The lowest BCUT2D eigenvalue weighted by Crippen LogP contribution is -2.34. The highest BCUT2D eigenvalue weighted by Crippen LogP contribution is 2.22.